The molecule has 0 aromatic carbocycles. The number of nitrogens with two attached hydrogens (primary N) is 1. The normalized spacial score (nSPS) is 24.2. The number of carbonyl (C=O) groups excluding carboxylic acids is 1. The fourth-order valence-corrected chi connectivity index (χ4v) is 2.57. The number of rotatable bonds is 8. The molecule has 0 aromatic heterocycles. The van der Waals surface area contributed by atoms with Gasteiger partial charge in [0.05, 0.1) is 6.04 Å². The maximum absolute atomic E-state index is 11.8. The molecule has 0 aromatic rings. The van der Waals surface area contributed by atoms with Crippen LogP contribution in [-0.2, 0) is 4.79 Å². The SMILES string of the molecule is CC[C@H](N)C(=O)N[C@H]1CCN[C@H](CCCCB(O)O)C1. The van der Waals surface area contributed by atoms with Crippen LogP contribution < -0.4 is 16.4 Å². The van der Waals surface area contributed by atoms with Crippen molar-refractivity contribution in [2.24, 2.45) is 5.73 Å². The van der Waals surface area contributed by atoms with E-state index >= 15 is 0 Å². The third-order valence-electron chi connectivity index (χ3n) is 3.88. The Labute approximate surface area is 121 Å². The van der Waals surface area contributed by atoms with Crippen LogP contribution in [0.15, 0.2) is 0 Å². The molecule has 116 valence electrons. The van der Waals surface area contributed by atoms with Gasteiger partial charge in [0.25, 0.3) is 0 Å². The van der Waals surface area contributed by atoms with Gasteiger partial charge >= 0.3 is 7.12 Å². The van der Waals surface area contributed by atoms with E-state index in [9.17, 15) is 4.79 Å². The molecule has 0 radical (unpaired) electrons. The first-order valence-corrected chi connectivity index (χ1v) is 7.68. The van der Waals surface area contributed by atoms with Crippen molar-refractivity contribution in [3.05, 3.63) is 0 Å². The zero-order chi connectivity index (χ0) is 15.0. The van der Waals surface area contributed by atoms with Gasteiger partial charge in [-0.2, -0.15) is 0 Å². The van der Waals surface area contributed by atoms with Crippen molar-refractivity contribution in [2.45, 2.75) is 69.9 Å². The average molecular weight is 285 g/mol. The lowest BCUT2D eigenvalue weighted by atomic mass is 9.83. The quantitative estimate of drug-likeness (QED) is 0.308. The highest BCUT2D eigenvalue weighted by Crippen LogP contribution is 2.15. The van der Waals surface area contributed by atoms with Crippen LogP contribution in [0.2, 0.25) is 6.32 Å². The van der Waals surface area contributed by atoms with Crippen molar-refractivity contribution >= 4 is 13.0 Å². The number of piperidine rings is 1. The van der Waals surface area contributed by atoms with E-state index in [0.29, 0.717) is 18.8 Å². The molecule has 0 spiro atoms. The highest BCUT2D eigenvalue weighted by molar-refractivity contribution is 6.40. The Balaban J connectivity index is 2.23. The minimum absolute atomic E-state index is 0.0541. The van der Waals surface area contributed by atoms with Gasteiger partial charge in [-0.25, -0.2) is 0 Å². The first-order chi connectivity index (χ1) is 9.52. The van der Waals surface area contributed by atoms with Crippen LogP contribution in [0.3, 0.4) is 0 Å². The van der Waals surface area contributed by atoms with Crippen LogP contribution in [0.1, 0.15) is 45.4 Å². The number of carbonyl (C=O) groups is 1. The molecule has 6 N–H and O–H groups in total. The van der Waals surface area contributed by atoms with Crippen molar-refractivity contribution in [2.75, 3.05) is 6.54 Å². The van der Waals surface area contributed by atoms with E-state index in [1.165, 1.54) is 0 Å². The minimum atomic E-state index is -1.20. The lowest BCUT2D eigenvalue weighted by Crippen LogP contribution is -2.51. The molecule has 1 rings (SSSR count). The summed E-state index contributed by atoms with van der Waals surface area (Å²) in [6.45, 7) is 2.81. The van der Waals surface area contributed by atoms with Gasteiger partial charge in [0.1, 0.15) is 0 Å². The summed E-state index contributed by atoms with van der Waals surface area (Å²) in [5, 5.41) is 24.0. The second kappa shape index (κ2) is 9.34. The van der Waals surface area contributed by atoms with Crippen LogP contribution >= 0.6 is 0 Å². The molecule has 1 aliphatic heterocycles. The van der Waals surface area contributed by atoms with Gasteiger partial charge in [-0.1, -0.05) is 19.8 Å². The van der Waals surface area contributed by atoms with Gasteiger partial charge in [-0.3, -0.25) is 4.79 Å². The molecule has 7 heteroatoms. The molecule has 3 atom stereocenters. The number of hydrogen-bond donors (Lipinski definition) is 5. The van der Waals surface area contributed by atoms with E-state index < -0.39 is 13.2 Å². The average Bonchev–Trinajstić information content (AvgIpc) is 2.43. The zero-order valence-corrected chi connectivity index (χ0v) is 12.3. The highest BCUT2D eigenvalue weighted by Gasteiger charge is 2.24. The molecule has 0 aliphatic carbocycles. The molecule has 6 nitrogen and oxygen atoms in total. The lowest BCUT2D eigenvalue weighted by molar-refractivity contribution is -0.123. The van der Waals surface area contributed by atoms with E-state index in [2.05, 4.69) is 10.6 Å². The monoisotopic (exact) mass is 285 g/mol. The zero-order valence-electron chi connectivity index (χ0n) is 12.3. The third-order valence-corrected chi connectivity index (χ3v) is 3.88. The lowest BCUT2D eigenvalue weighted by Gasteiger charge is -2.31. The minimum Gasteiger partial charge on any atom is -0.427 e. The molecule has 1 aliphatic rings. The Morgan fingerprint density at radius 1 is 1.50 bits per heavy atom. The summed E-state index contributed by atoms with van der Waals surface area (Å²) in [5.74, 6) is -0.0541. The summed E-state index contributed by atoms with van der Waals surface area (Å²) in [6, 6.07) is 0.187. The van der Waals surface area contributed by atoms with Gasteiger partial charge in [-0.05, 0) is 38.5 Å². The van der Waals surface area contributed by atoms with Crippen LogP contribution in [0.4, 0.5) is 0 Å². The Bertz CT molecular complexity index is 292. The largest absolute Gasteiger partial charge is 0.451 e. The number of nitrogens with one attached hydrogen (secondary N) is 2. The summed E-state index contributed by atoms with van der Waals surface area (Å²) >= 11 is 0. The van der Waals surface area contributed by atoms with Crippen LogP contribution in [0, 0.1) is 0 Å². The molecule has 0 saturated carbocycles. The van der Waals surface area contributed by atoms with E-state index in [4.69, 9.17) is 15.8 Å². The van der Waals surface area contributed by atoms with Crippen LogP contribution in [0.25, 0.3) is 0 Å². The molecule has 0 bridgehead atoms. The summed E-state index contributed by atoms with van der Waals surface area (Å²) in [5.41, 5.74) is 5.72. The van der Waals surface area contributed by atoms with Gasteiger partial charge in [0.2, 0.25) is 5.91 Å². The number of hydrogen-bond acceptors (Lipinski definition) is 5. The Hall–Kier alpha value is -0.625. The summed E-state index contributed by atoms with van der Waals surface area (Å²) < 4.78 is 0. The Morgan fingerprint density at radius 2 is 2.25 bits per heavy atom. The first kappa shape index (κ1) is 17.4. The van der Waals surface area contributed by atoms with E-state index in [1.807, 2.05) is 6.92 Å². The summed E-state index contributed by atoms with van der Waals surface area (Å²) in [4.78, 5) is 11.8. The predicted molar refractivity (Wildman–Crippen MR) is 80.1 cm³/mol. The van der Waals surface area contributed by atoms with Gasteiger partial charge in [0.15, 0.2) is 0 Å². The molecule has 20 heavy (non-hydrogen) atoms. The first-order valence-electron chi connectivity index (χ1n) is 7.68. The standard InChI is InChI=1S/C13H28BN3O3/c1-2-12(15)13(18)17-11-6-8-16-10(9-11)5-3-4-7-14(19)20/h10-12,16,19-20H,2-9,15H2,1H3,(H,17,18)/t10-,11+,12+/m1/s1. The summed E-state index contributed by atoms with van der Waals surface area (Å²) in [6.07, 6.45) is 5.72. The maximum Gasteiger partial charge on any atom is 0.451 e. The molecule has 1 amide bonds. The molecular formula is C13H28BN3O3. The smallest absolute Gasteiger partial charge is 0.427 e. The van der Waals surface area contributed by atoms with Gasteiger partial charge < -0.3 is 26.4 Å². The third kappa shape index (κ3) is 6.70. The van der Waals surface area contributed by atoms with Crippen molar-refractivity contribution in [1.29, 1.82) is 0 Å². The highest BCUT2D eigenvalue weighted by atomic mass is 16.4. The van der Waals surface area contributed by atoms with Crippen molar-refractivity contribution < 1.29 is 14.8 Å². The fourth-order valence-electron chi connectivity index (χ4n) is 2.57. The molecule has 1 saturated heterocycles. The Kier molecular flexibility index (Phi) is 8.14. The van der Waals surface area contributed by atoms with Crippen LogP contribution in [-0.4, -0.2) is 47.7 Å². The van der Waals surface area contributed by atoms with E-state index in [0.717, 1.165) is 38.6 Å². The second-order valence-electron chi connectivity index (χ2n) is 5.66. The number of unbranched alkanes of at least 4 members (excludes halogenated alkanes) is 1. The Morgan fingerprint density at radius 3 is 2.90 bits per heavy atom. The predicted octanol–water partition coefficient (Wildman–Crippen LogP) is -0.396. The van der Waals surface area contributed by atoms with Crippen LogP contribution in [0.5, 0.6) is 0 Å². The van der Waals surface area contributed by atoms with Crippen molar-refractivity contribution in [3.8, 4) is 0 Å². The summed E-state index contributed by atoms with van der Waals surface area (Å²) in [7, 11) is -1.20. The second-order valence-corrected chi connectivity index (χ2v) is 5.66. The van der Waals surface area contributed by atoms with Crippen molar-refractivity contribution in [3.63, 3.8) is 0 Å². The number of amides is 1. The molecule has 0 unspecified atom stereocenters. The maximum atomic E-state index is 11.8. The molecular weight excluding hydrogens is 257 g/mol. The van der Waals surface area contributed by atoms with E-state index in [-0.39, 0.29) is 11.9 Å². The van der Waals surface area contributed by atoms with Gasteiger partial charge in [0, 0.05) is 12.1 Å². The van der Waals surface area contributed by atoms with Crippen molar-refractivity contribution in [1.82, 2.24) is 10.6 Å². The van der Waals surface area contributed by atoms with Gasteiger partial charge in [-0.15, -0.1) is 0 Å². The topological polar surface area (TPSA) is 108 Å². The fraction of sp³-hybridized carbons (Fsp3) is 0.923. The van der Waals surface area contributed by atoms with E-state index in [1.54, 1.807) is 0 Å². The molecule has 1 fully saturated rings. The molecule has 1 heterocycles.